The Morgan fingerprint density at radius 3 is 2.57 bits per heavy atom. The fourth-order valence-corrected chi connectivity index (χ4v) is 2.78. The number of fused-ring (bicyclic) bond motifs is 1. The molecule has 0 radical (unpaired) electrons. The summed E-state index contributed by atoms with van der Waals surface area (Å²) < 4.78 is 10.3. The van der Waals surface area contributed by atoms with Crippen LogP contribution < -0.4 is 9.64 Å². The number of carbonyl (C=O) groups excluding carboxylic acids is 1. The first-order valence-corrected chi connectivity index (χ1v) is 7.61. The van der Waals surface area contributed by atoms with Gasteiger partial charge in [0, 0.05) is 12.1 Å². The standard InChI is InChI=1S/C19H19NO3/c1-3-23-19(21)20-13-12-16(17-6-4-5-7-18(17)20)14-8-10-15(22-2)11-9-14/h4-13,16H,3H2,1-2H3. The number of hydrogen-bond acceptors (Lipinski definition) is 3. The molecule has 1 aliphatic heterocycles. The van der Waals surface area contributed by atoms with Gasteiger partial charge in [-0.1, -0.05) is 36.4 Å². The van der Waals surface area contributed by atoms with Crippen LogP contribution in [-0.2, 0) is 4.74 Å². The number of hydrogen-bond donors (Lipinski definition) is 0. The molecule has 4 heteroatoms. The van der Waals surface area contributed by atoms with Gasteiger partial charge in [0.2, 0.25) is 0 Å². The predicted molar refractivity (Wildman–Crippen MR) is 89.9 cm³/mol. The van der Waals surface area contributed by atoms with Gasteiger partial charge < -0.3 is 9.47 Å². The van der Waals surface area contributed by atoms with E-state index in [9.17, 15) is 4.79 Å². The highest BCUT2D eigenvalue weighted by Crippen LogP contribution is 2.38. The molecule has 0 saturated carbocycles. The second-order valence-corrected chi connectivity index (χ2v) is 5.22. The Morgan fingerprint density at radius 1 is 1.13 bits per heavy atom. The molecule has 1 amide bonds. The van der Waals surface area contributed by atoms with Gasteiger partial charge in [-0.25, -0.2) is 4.79 Å². The Kier molecular flexibility index (Phi) is 4.33. The van der Waals surface area contributed by atoms with E-state index in [2.05, 4.69) is 0 Å². The molecule has 2 aromatic carbocycles. The highest BCUT2D eigenvalue weighted by atomic mass is 16.6. The first-order valence-electron chi connectivity index (χ1n) is 7.61. The van der Waals surface area contributed by atoms with Gasteiger partial charge in [0.05, 0.1) is 19.4 Å². The zero-order valence-corrected chi connectivity index (χ0v) is 13.2. The largest absolute Gasteiger partial charge is 0.497 e. The average molecular weight is 309 g/mol. The van der Waals surface area contributed by atoms with Gasteiger partial charge in [-0.2, -0.15) is 0 Å². The normalized spacial score (nSPS) is 15.9. The summed E-state index contributed by atoms with van der Waals surface area (Å²) in [4.78, 5) is 13.7. The van der Waals surface area contributed by atoms with Crippen molar-refractivity contribution in [2.45, 2.75) is 12.8 Å². The SMILES string of the molecule is CCOC(=O)N1C=CC(c2ccc(OC)cc2)c2ccccc21. The molecule has 0 bridgehead atoms. The van der Waals surface area contributed by atoms with Crippen molar-refractivity contribution in [1.82, 2.24) is 0 Å². The fraction of sp³-hybridized carbons (Fsp3) is 0.211. The molecule has 23 heavy (non-hydrogen) atoms. The van der Waals surface area contributed by atoms with E-state index in [1.807, 2.05) is 54.6 Å². The van der Waals surface area contributed by atoms with E-state index in [0.29, 0.717) is 6.61 Å². The molecule has 1 aliphatic rings. The second kappa shape index (κ2) is 6.57. The number of carbonyl (C=O) groups is 1. The summed E-state index contributed by atoms with van der Waals surface area (Å²) in [5, 5.41) is 0. The van der Waals surface area contributed by atoms with Crippen molar-refractivity contribution in [2.75, 3.05) is 18.6 Å². The molecule has 1 atom stereocenters. The zero-order chi connectivity index (χ0) is 16.2. The zero-order valence-electron chi connectivity index (χ0n) is 13.2. The lowest BCUT2D eigenvalue weighted by Crippen LogP contribution is -2.29. The molecule has 1 heterocycles. The van der Waals surface area contributed by atoms with Gasteiger partial charge in [0.15, 0.2) is 0 Å². The summed E-state index contributed by atoms with van der Waals surface area (Å²) in [6.45, 7) is 2.16. The van der Waals surface area contributed by atoms with Crippen LogP contribution in [0.1, 0.15) is 24.0 Å². The van der Waals surface area contributed by atoms with Crippen LogP contribution in [-0.4, -0.2) is 19.8 Å². The number of rotatable bonds is 3. The summed E-state index contributed by atoms with van der Waals surface area (Å²) in [6.07, 6.45) is 3.44. The molecule has 0 fully saturated rings. The summed E-state index contributed by atoms with van der Waals surface area (Å²) in [6, 6.07) is 15.9. The molecule has 4 nitrogen and oxygen atoms in total. The molecule has 0 aromatic heterocycles. The van der Waals surface area contributed by atoms with Crippen molar-refractivity contribution >= 4 is 11.8 Å². The summed E-state index contributed by atoms with van der Waals surface area (Å²) in [5.74, 6) is 0.928. The Morgan fingerprint density at radius 2 is 1.87 bits per heavy atom. The van der Waals surface area contributed by atoms with Gasteiger partial charge >= 0.3 is 6.09 Å². The molecule has 2 aromatic rings. The highest BCUT2D eigenvalue weighted by molar-refractivity contribution is 5.92. The van der Waals surface area contributed by atoms with Gasteiger partial charge in [-0.05, 0) is 36.2 Å². The second-order valence-electron chi connectivity index (χ2n) is 5.22. The lowest BCUT2D eigenvalue weighted by Gasteiger charge is -2.28. The molecule has 1 unspecified atom stereocenters. The van der Waals surface area contributed by atoms with Gasteiger partial charge in [0.25, 0.3) is 0 Å². The predicted octanol–water partition coefficient (Wildman–Crippen LogP) is 4.32. The maximum absolute atomic E-state index is 12.1. The smallest absolute Gasteiger partial charge is 0.418 e. The Labute approximate surface area is 135 Å². The molecule has 0 spiro atoms. The number of anilines is 1. The Balaban J connectivity index is 1.98. The number of ether oxygens (including phenoxy) is 2. The van der Waals surface area contributed by atoms with E-state index < -0.39 is 0 Å². The number of methoxy groups -OCH3 is 1. The monoisotopic (exact) mass is 309 g/mol. The van der Waals surface area contributed by atoms with E-state index in [0.717, 1.165) is 22.6 Å². The minimum atomic E-state index is -0.357. The van der Waals surface area contributed by atoms with Crippen molar-refractivity contribution in [3.05, 3.63) is 71.9 Å². The number of benzene rings is 2. The molecule has 0 N–H and O–H groups in total. The lowest BCUT2D eigenvalue weighted by molar-refractivity contribution is 0.162. The molecular formula is C19H19NO3. The van der Waals surface area contributed by atoms with Crippen LogP contribution in [0.15, 0.2) is 60.8 Å². The molecule has 118 valence electrons. The summed E-state index contributed by atoms with van der Waals surface area (Å²) in [5.41, 5.74) is 3.08. The van der Waals surface area contributed by atoms with Crippen LogP contribution >= 0.6 is 0 Å². The van der Waals surface area contributed by atoms with Crippen LogP contribution in [0.4, 0.5) is 10.5 Å². The Bertz CT molecular complexity index is 722. The molecular weight excluding hydrogens is 290 g/mol. The number of amides is 1. The first-order chi connectivity index (χ1) is 11.2. The van der Waals surface area contributed by atoms with Crippen molar-refractivity contribution in [2.24, 2.45) is 0 Å². The fourth-order valence-electron chi connectivity index (χ4n) is 2.78. The number of nitrogens with zero attached hydrogens (tertiary/aromatic N) is 1. The average Bonchev–Trinajstić information content (AvgIpc) is 2.61. The molecule has 0 aliphatic carbocycles. The molecule has 3 rings (SSSR count). The Hall–Kier alpha value is -2.75. The first kappa shape index (κ1) is 15.2. The minimum absolute atomic E-state index is 0.0998. The van der Waals surface area contributed by atoms with Crippen LogP contribution in [0.3, 0.4) is 0 Å². The number of para-hydroxylation sites is 1. The number of allylic oxidation sites excluding steroid dienone is 1. The van der Waals surface area contributed by atoms with E-state index >= 15 is 0 Å². The minimum Gasteiger partial charge on any atom is -0.497 e. The summed E-state index contributed by atoms with van der Waals surface area (Å²) >= 11 is 0. The maximum Gasteiger partial charge on any atom is 0.418 e. The summed E-state index contributed by atoms with van der Waals surface area (Å²) in [7, 11) is 1.65. The van der Waals surface area contributed by atoms with Gasteiger partial charge in [0.1, 0.15) is 5.75 Å². The maximum atomic E-state index is 12.1. The molecule has 0 saturated heterocycles. The van der Waals surface area contributed by atoms with Crippen molar-refractivity contribution < 1.29 is 14.3 Å². The lowest BCUT2D eigenvalue weighted by atomic mass is 9.88. The van der Waals surface area contributed by atoms with Crippen molar-refractivity contribution in [1.29, 1.82) is 0 Å². The topological polar surface area (TPSA) is 38.8 Å². The van der Waals surface area contributed by atoms with Crippen LogP contribution in [0.5, 0.6) is 5.75 Å². The third-order valence-electron chi connectivity index (χ3n) is 3.90. The van der Waals surface area contributed by atoms with Gasteiger partial charge in [-0.3, -0.25) is 4.90 Å². The van der Waals surface area contributed by atoms with Crippen LogP contribution in [0.25, 0.3) is 0 Å². The third-order valence-corrected chi connectivity index (χ3v) is 3.90. The van der Waals surface area contributed by atoms with E-state index in [1.165, 1.54) is 0 Å². The van der Waals surface area contributed by atoms with Crippen molar-refractivity contribution in [3.8, 4) is 5.75 Å². The quantitative estimate of drug-likeness (QED) is 0.847. The van der Waals surface area contributed by atoms with Crippen LogP contribution in [0.2, 0.25) is 0 Å². The van der Waals surface area contributed by atoms with E-state index in [1.54, 1.807) is 25.1 Å². The van der Waals surface area contributed by atoms with Gasteiger partial charge in [-0.15, -0.1) is 0 Å². The van der Waals surface area contributed by atoms with E-state index in [-0.39, 0.29) is 12.0 Å². The highest BCUT2D eigenvalue weighted by Gasteiger charge is 2.26. The van der Waals surface area contributed by atoms with Crippen LogP contribution in [0, 0.1) is 0 Å². The van der Waals surface area contributed by atoms with E-state index in [4.69, 9.17) is 9.47 Å². The third kappa shape index (κ3) is 2.93. The van der Waals surface area contributed by atoms with Crippen molar-refractivity contribution in [3.63, 3.8) is 0 Å².